The Bertz CT molecular complexity index is 1410. The molecule has 0 heterocycles. The van der Waals surface area contributed by atoms with Gasteiger partial charge < -0.3 is 14.2 Å². The molecule has 0 aliphatic heterocycles. The van der Waals surface area contributed by atoms with Crippen LogP contribution in [-0.2, 0) is 28.6 Å². The van der Waals surface area contributed by atoms with Crippen LogP contribution in [0.15, 0.2) is 60.8 Å². The smallest absolute Gasteiger partial charge is 0.306 e. The predicted molar refractivity (Wildman–Crippen MR) is 344 cm³/mol. The lowest BCUT2D eigenvalue weighted by molar-refractivity contribution is -0.167. The first-order valence-electron chi connectivity index (χ1n) is 34.8. The minimum Gasteiger partial charge on any atom is -0.462 e. The average Bonchev–Trinajstić information content (AvgIpc) is 3.45. The summed E-state index contributed by atoms with van der Waals surface area (Å²) >= 11 is 0. The minimum atomic E-state index is -0.772. The van der Waals surface area contributed by atoms with Gasteiger partial charge in [0.2, 0.25) is 0 Å². The maximum atomic E-state index is 12.8. The number of hydrogen-bond acceptors (Lipinski definition) is 6. The van der Waals surface area contributed by atoms with E-state index < -0.39 is 6.10 Å². The molecule has 0 bridgehead atoms. The molecule has 0 saturated carbocycles. The number of rotatable bonds is 64. The van der Waals surface area contributed by atoms with E-state index >= 15 is 0 Å². The van der Waals surface area contributed by atoms with Crippen molar-refractivity contribution in [1.29, 1.82) is 0 Å². The summed E-state index contributed by atoms with van der Waals surface area (Å²) in [6.45, 7) is 6.49. The first kappa shape index (κ1) is 76.1. The van der Waals surface area contributed by atoms with E-state index in [-0.39, 0.29) is 31.1 Å². The molecule has 0 fully saturated rings. The van der Waals surface area contributed by atoms with Gasteiger partial charge in [-0.25, -0.2) is 0 Å². The number of hydrogen-bond donors (Lipinski definition) is 0. The third-order valence-electron chi connectivity index (χ3n) is 15.5. The molecule has 0 rings (SSSR count). The minimum absolute atomic E-state index is 0.0723. The summed E-state index contributed by atoms with van der Waals surface area (Å²) in [4.78, 5) is 38.0. The Morgan fingerprint density at radius 1 is 0.266 bits per heavy atom. The number of allylic oxidation sites excluding steroid dienone is 10. The van der Waals surface area contributed by atoms with Crippen molar-refractivity contribution in [2.45, 2.75) is 374 Å². The molecule has 0 aliphatic carbocycles. The molecule has 1 unspecified atom stereocenters. The lowest BCUT2D eigenvalue weighted by atomic mass is 10.0. The van der Waals surface area contributed by atoms with E-state index in [1.165, 1.54) is 238 Å². The number of carbonyl (C=O) groups is 3. The summed E-state index contributed by atoms with van der Waals surface area (Å²) in [6.07, 6.45) is 87.4. The monoisotopic (exact) mass is 1110 g/mol. The average molecular weight is 1110 g/mol. The van der Waals surface area contributed by atoms with Gasteiger partial charge >= 0.3 is 17.9 Å². The third kappa shape index (κ3) is 65.8. The van der Waals surface area contributed by atoms with Crippen molar-refractivity contribution in [3.05, 3.63) is 60.8 Å². The largest absolute Gasteiger partial charge is 0.462 e. The molecule has 0 aromatic heterocycles. The van der Waals surface area contributed by atoms with E-state index in [1.807, 2.05) is 0 Å². The molecule has 0 aromatic carbocycles. The first-order chi connectivity index (χ1) is 39.0. The van der Waals surface area contributed by atoms with Crippen molar-refractivity contribution >= 4 is 17.9 Å². The molecule has 0 spiro atoms. The van der Waals surface area contributed by atoms with Crippen LogP contribution in [0.5, 0.6) is 0 Å². The first-order valence-corrected chi connectivity index (χ1v) is 34.8. The summed E-state index contributed by atoms with van der Waals surface area (Å²) in [5, 5.41) is 0. The van der Waals surface area contributed by atoms with Crippen LogP contribution >= 0.6 is 0 Å². The summed E-state index contributed by atoms with van der Waals surface area (Å²) in [5.41, 5.74) is 0. The van der Waals surface area contributed by atoms with Crippen molar-refractivity contribution < 1.29 is 28.6 Å². The second-order valence-corrected chi connectivity index (χ2v) is 23.4. The highest BCUT2D eigenvalue weighted by atomic mass is 16.6. The van der Waals surface area contributed by atoms with Crippen LogP contribution in [0.2, 0.25) is 0 Å². The Kier molecular flexibility index (Phi) is 65.1. The fourth-order valence-electron chi connectivity index (χ4n) is 10.3. The van der Waals surface area contributed by atoms with E-state index in [4.69, 9.17) is 14.2 Å². The highest BCUT2D eigenvalue weighted by Gasteiger charge is 2.19. The Hall–Kier alpha value is -2.89. The molecule has 6 heteroatoms. The lowest BCUT2D eigenvalue weighted by Gasteiger charge is -2.18. The molecular formula is C73H132O6. The highest BCUT2D eigenvalue weighted by molar-refractivity contribution is 5.71. The molecule has 0 saturated heterocycles. The second kappa shape index (κ2) is 67.6. The normalized spacial score (nSPS) is 12.4. The van der Waals surface area contributed by atoms with Gasteiger partial charge in [-0.15, -0.1) is 0 Å². The highest BCUT2D eigenvalue weighted by Crippen LogP contribution is 2.18. The Labute approximate surface area is 491 Å². The van der Waals surface area contributed by atoms with Gasteiger partial charge in [0.25, 0.3) is 0 Å². The van der Waals surface area contributed by atoms with Crippen LogP contribution < -0.4 is 0 Å². The summed E-state index contributed by atoms with van der Waals surface area (Å²) in [6, 6.07) is 0. The van der Waals surface area contributed by atoms with E-state index in [0.29, 0.717) is 19.3 Å². The van der Waals surface area contributed by atoms with E-state index in [0.717, 1.165) is 89.9 Å². The maximum absolute atomic E-state index is 12.8. The third-order valence-corrected chi connectivity index (χ3v) is 15.5. The van der Waals surface area contributed by atoms with Crippen LogP contribution in [0.4, 0.5) is 0 Å². The van der Waals surface area contributed by atoms with E-state index in [1.54, 1.807) is 0 Å². The van der Waals surface area contributed by atoms with Crippen LogP contribution in [0, 0.1) is 0 Å². The molecule has 0 N–H and O–H groups in total. The Morgan fingerprint density at radius 3 is 0.785 bits per heavy atom. The molecule has 0 radical (unpaired) electrons. The number of carbonyl (C=O) groups excluding carboxylic acids is 3. The van der Waals surface area contributed by atoms with Gasteiger partial charge in [0.1, 0.15) is 13.2 Å². The van der Waals surface area contributed by atoms with Crippen molar-refractivity contribution in [3.8, 4) is 0 Å². The van der Waals surface area contributed by atoms with Crippen molar-refractivity contribution in [1.82, 2.24) is 0 Å². The van der Waals surface area contributed by atoms with Gasteiger partial charge in [0.15, 0.2) is 6.10 Å². The Balaban J connectivity index is 3.92. The molecule has 0 aliphatic rings. The van der Waals surface area contributed by atoms with Crippen LogP contribution in [0.1, 0.15) is 367 Å². The second-order valence-electron chi connectivity index (χ2n) is 23.4. The number of unbranched alkanes of at least 4 members (excludes halogenated alkanes) is 43. The van der Waals surface area contributed by atoms with Crippen molar-refractivity contribution in [2.75, 3.05) is 13.2 Å². The molecule has 0 amide bonds. The fourth-order valence-corrected chi connectivity index (χ4v) is 10.3. The van der Waals surface area contributed by atoms with Gasteiger partial charge in [-0.3, -0.25) is 14.4 Å². The SMILES string of the molecule is CC/C=C\C/C=C\C/C=C\C/C=C\CCCCCCCCCCCCC(=O)OC(COC(=O)CCCCCCC)COC(=O)CCCCCCCCCCCCCCCCCCCCCCC/C=C\CCCCCCCCCC. The van der Waals surface area contributed by atoms with Crippen molar-refractivity contribution in [3.63, 3.8) is 0 Å². The Morgan fingerprint density at radius 2 is 0.494 bits per heavy atom. The van der Waals surface area contributed by atoms with Gasteiger partial charge in [0, 0.05) is 19.3 Å². The van der Waals surface area contributed by atoms with Crippen LogP contribution in [0.3, 0.4) is 0 Å². The van der Waals surface area contributed by atoms with E-state index in [9.17, 15) is 14.4 Å². The van der Waals surface area contributed by atoms with Gasteiger partial charge in [-0.2, -0.15) is 0 Å². The molecule has 1 atom stereocenters. The topological polar surface area (TPSA) is 78.9 Å². The zero-order chi connectivity index (χ0) is 57.1. The molecule has 79 heavy (non-hydrogen) atoms. The molecular weight excluding hydrogens is 973 g/mol. The van der Waals surface area contributed by atoms with E-state index in [2.05, 4.69) is 81.5 Å². The van der Waals surface area contributed by atoms with Crippen LogP contribution in [0.25, 0.3) is 0 Å². The quantitative estimate of drug-likeness (QED) is 0.0261. The summed E-state index contributed by atoms with van der Waals surface area (Å²) < 4.78 is 16.8. The molecule has 460 valence electrons. The number of esters is 3. The molecule has 0 aromatic rings. The van der Waals surface area contributed by atoms with Gasteiger partial charge in [-0.05, 0) is 83.5 Å². The van der Waals surface area contributed by atoms with Gasteiger partial charge in [0.05, 0.1) is 0 Å². The van der Waals surface area contributed by atoms with Crippen molar-refractivity contribution in [2.24, 2.45) is 0 Å². The zero-order valence-electron chi connectivity index (χ0n) is 52.9. The standard InChI is InChI=1S/C73H132O6/c1-4-7-10-13-15-17-19-21-23-25-27-29-31-32-33-34-35-36-37-38-39-40-42-43-45-47-49-51-53-55-57-60-63-66-72(75)78-69-70(68-77-71(74)65-62-59-12-9-6-3)79-73(76)67-64-61-58-56-54-52-50-48-46-44-41-30-28-26-24-22-20-18-16-14-11-8-5-2/h8,11,16,18,22,24-25,27-28,30,70H,4-7,9-10,12-15,17,19-21,23,26,29,31-69H2,1-3H3/b11-8-,18-16-,24-22-,27-25-,30-28-. The summed E-state index contributed by atoms with van der Waals surface area (Å²) in [7, 11) is 0. The summed E-state index contributed by atoms with van der Waals surface area (Å²) in [5.74, 6) is -0.873. The molecule has 6 nitrogen and oxygen atoms in total. The van der Waals surface area contributed by atoms with Gasteiger partial charge in [-0.1, -0.05) is 326 Å². The number of ether oxygens (including phenoxy) is 3. The maximum Gasteiger partial charge on any atom is 0.306 e. The fraction of sp³-hybridized carbons (Fsp3) is 0.822. The predicted octanol–water partition coefficient (Wildman–Crippen LogP) is 23.9. The lowest BCUT2D eigenvalue weighted by Crippen LogP contribution is -2.30. The van der Waals surface area contributed by atoms with Crippen LogP contribution in [-0.4, -0.2) is 37.2 Å². The zero-order valence-corrected chi connectivity index (χ0v) is 52.9.